The van der Waals surface area contributed by atoms with Crippen molar-refractivity contribution in [3.8, 4) is 17.2 Å². The summed E-state index contributed by atoms with van der Waals surface area (Å²) in [6.07, 6.45) is -1.68. The smallest absolute Gasteiger partial charge is 0.416 e. The van der Waals surface area contributed by atoms with Crippen LogP contribution in [0.3, 0.4) is 0 Å². The van der Waals surface area contributed by atoms with Gasteiger partial charge < -0.3 is 14.0 Å². The van der Waals surface area contributed by atoms with Crippen molar-refractivity contribution < 1.29 is 27.2 Å². The van der Waals surface area contributed by atoms with E-state index in [1.54, 1.807) is 24.4 Å². The quantitative estimate of drug-likeness (QED) is 0.665. The van der Waals surface area contributed by atoms with Gasteiger partial charge in [0.1, 0.15) is 6.10 Å². The van der Waals surface area contributed by atoms with Gasteiger partial charge in [-0.2, -0.15) is 18.3 Å². The van der Waals surface area contributed by atoms with Crippen LogP contribution in [0.4, 0.5) is 13.2 Å². The lowest BCUT2D eigenvalue weighted by atomic mass is 9.92. The predicted molar refractivity (Wildman–Crippen MR) is 96.2 cm³/mol. The topological polar surface area (TPSA) is 77.3 Å². The van der Waals surface area contributed by atoms with E-state index in [9.17, 15) is 18.0 Å². The maximum Gasteiger partial charge on any atom is 0.416 e. The lowest BCUT2D eigenvalue weighted by molar-refractivity contribution is -0.137. The fourth-order valence-electron chi connectivity index (χ4n) is 2.99. The monoisotopic (exact) mass is 406 g/mol. The summed E-state index contributed by atoms with van der Waals surface area (Å²) in [6.45, 7) is 0.121. The predicted octanol–water partition coefficient (Wildman–Crippen LogP) is 4.18. The molecule has 152 valence electrons. The van der Waals surface area contributed by atoms with Crippen molar-refractivity contribution in [2.45, 2.75) is 37.8 Å². The molecule has 0 amide bonds. The van der Waals surface area contributed by atoms with Crippen molar-refractivity contribution in [3.05, 3.63) is 70.1 Å². The molecule has 1 aliphatic carbocycles. The Morgan fingerprint density at radius 3 is 2.62 bits per heavy atom. The Balaban J connectivity index is 1.24. The van der Waals surface area contributed by atoms with E-state index in [1.807, 2.05) is 0 Å². The Kier molecular flexibility index (Phi) is 5.14. The van der Waals surface area contributed by atoms with Crippen molar-refractivity contribution in [1.82, 2.24) is 10.1 Å². The second-order valence-electron chi connectivity index (χ2n) is 6.80. The molecule has 6 nitrogen and oxygen atoms in total. The van der Waals surface area contributed by atoms with Crippen LogP contribution in [0.25, 0.3) is 11.3 Å². The van der Waals surface area contributed by atoms with E-state index in [1.165, 1.54) is 12.1 Å². The molecule has 0 saturated heterocycles. The molecule has 0 bridgehead atoms. The van der Waals surface area contributed by atoms with Crippen molar-refractivity contribution in [3.63, 3.8) is 0 Å². The first kappa shape index (κ1) is 19.3. The van der Waals surface area contributed by atoms with Crippen LogP contribution in [0.15, 0.2) is 58.0 Å². The number of hydrogen-bond donors (Lipinski definition) is 1. The Morgan fingerprint density at radius 1 is 1.14 bits per heavy atom. The molecule has 4 rings (SSSR count). The van der Waals surface area contributed by atoms with Crippen molar-refractivity contribution in [1.29, 1.82) is 0 Å². The van der Waals surface area contributed by atoms with E-state index >= 15 is 0 Å². The molecule has 1 saturated carbocycles. The Bertz CT molecular complexity index is 1020. The van der Waals surface area contributed by atoms with Gasteiger partial charge in [0.25, 0.3) is 5.56 Å². The molecule has 29 heavy (non-hydrogen) atoms. The number of nitrogens with one attached hydrogen (secondary N) is 1. The van der Waals surface area contributed by atoms with Gasteiger partial charge in [-0.3, -0.25) is 4.79 Å². The zero-order chi connectivity index (χ0) is 20.4. The highest BCUT2D eigenvalue weighted by Crippen LogP contribution is 2.31. The van der Waals surface area contributed by atoms with Crippen LogP contribution in [-0.4, -0.2) is 22.3 Å². The molecule has 2 aromatic heterocycles. The third-order valence-electron chi connectivity index (χ3n) is 4.62. The van der Waals surface area contributed by atoms with E-state index < -0.39 is 11.7 Å². The normalized spacial score (nSPS) is 19.0. The second-order valence-corrected chi connectivity index (χ2v) is 6.80. The van der Waals surface area contributed by atoms with E-state index in [2.05, 4.69) is 10.1 Å². The number of hydrogen-bond acceptors (Lipinski definition) is 5. The van der Waals surface area contributed by atoms with Gasteiger partial charge in [-0.05, 0) is 23.8 Å². The molecule has 0 atom stereocenters. The molecule has 1 fully saturated rings. The van der Waals surface area contributed by atoms with Gasteiger partial charge in [-0.25, -0.2) is 4.98 Å². The summed E-state index contributed by atoms with van der Waals surface area (Å²) in [6, 6.07) is 9.87. The van der Waals surface area contributed by atoms with Crippen LogP contribution in [0.5, 0.6) is 5.88 Å². The van der Waals surface area contributed by atoms with Gasteiger partial charge >= 0.3 is 6.18 Å². The summed E-state index contributed by atoms with van der Waals surface area (Å²) in [5.41, 5.74) is 0.122. The summed E-state index contributed by atoms with van der Waals surface area (Å²) < 4.78 is 54.7. The molecule has 1 N–H and O–H groups in total. The maximum absolute atomic E-state index is 12.7. The van der Waals surface area contributed by atoms with E-state index in [0.717, 1.165) is 12.1 Å². The summed E-state index contributed by atoms with van der Waals surface area (Å²) >= 11 is 0. The summed E-state index contributed by atoms with van der Waals surface area (Å²) in [5, 5.41) is 2.21. The Hall–Kier alpha value is -3.07. The maximum atomic E-state index is 12.7. The number of H-pyrrole nitrogens is 1. The third kappa shape index (κ3) is 4.68. The first-order valence-corrected chi connectivity index (χ1v) is 8.96. The summed E-state index contributed by atoms with van der Waals surface area (Å²) in [7, 11) is 0. The largest absolute Gasteiger partial charge is 0.474 e. The average molecular weight is 406 g/mol. The van der Waals surface area contributed by atoms with Crippen LogP contribution in [-0.2, 0) is 17.5 Å². The van der Waals surface area contributed by atoms with Gasteiger partial charge in [-0.1, -0.05) is 12.1 Å². The highest BCUT2D eigenvalue weighted by Gasteiger charge is 2.33. The average Bonchev–Trinajstić information content (AvgIpc) is 3.10. The third-order valence-corrected chi connectivity index (χ3v) is 4.62. The minimum Gasteiger partial charge on any atom is -0.474 e. The molecule has 1 aromatic carbocycles. The zero-order valence-electron chi connectivity index (χ0n) is 15.1. The fourth-order valence-corrected chi connectivity index (χ4v) is 2.99. The SMILES string of the molecule is O=c1cc(-c2ccc(OC3CC(OCc4cccc(C(F)(F)F)c4)C3)nc2)o[nH]1. The molecule has 1 aliphatic rings. The van der Waals surface area contributed by atoms with Crippen molar-refractivity contribution in [2.24, 2.45) is 0 Å². The number of rotatable bonds is 6. The molecular formula is C20H17F3N2O4. The van der Waals surface area contributed by atoms with Crippen LogP contribution in [0.1, 0.15) is 24.0 Å². The first-order valence-electron chi connectivity index (χ1n) is 8.96. The standard InChI is InChI=1S/C20H17F3N2O4/c21-20(22,23)14-3-1-2-12(6-14)11-27-15-7-16(8-15)28-19-5-4-13(10-24-19)17-9-18(26)25-29-17/h1-6,9-10,15-16H,7-8,11H2,(H,25,26). The van der Waals surface area contributed by atoms with Gasteiger partial charge in [0.05, 0.1) is 24.3 Å². The zero-order valence-corrected chi connectivity index (χ0v) is 15.1. The lowest BCUT2D eigenvalue weighted by Gasteiger charge is -2.34. The van der Waals surface area contributed by atoms with Gasteiger partial charge in [0.15, 0.2) is 5.76 Å². The van der Waals surface area contributed by atoms with Crippen molar-refractivity contribution in [2.75, 3.05) is 0 Å². The highest BCUT2D eigenvalue weighted by atomic mass is 19.4. The Morgan fingerprint density at radius 2 is 1.97 bits per heavy atom. The molecule has 2 heterocycles. The highest BCUT2D eigenvalue weighted by molar-refractivity contribution is 5.55. The lowest BCUT2D eigenvalue weighted by Crippen LogP contribution is -2.39. The van der Waals surface area contributed by atoms with E-state index in [-0.39, 0.29) is 24.4 Å². The number of ether oxygens (including phenoxy) is 2. The van der Waals surface area contributed by atoms with Gasteiger partial charge in [0, 0.05) is 30.7 Å². The van der Waals surface area contributed by atoms with E-state index in [4.69, 9.17) is 14.0 Å². The molecule has 0 radical (unpaired) electrons. The van der Waals surface area contributed by atoms with E-state index in [0.29, 0.717) is 35.6 Å². The van der Waals surface area contributed by atoms with Crippen LogP contribution >= 0.6 is 0 Å². The minimum atomic E-state index is -4.36. The number of aromatic nitrogens is 2. The van der Waals surface area contributed by atoms with Gasteiger partial charge in [0.2, 0.25) is 5.88 Å². The van der Waals surface area contributed by atoms with Crippen LogP contribution < -0.4 is 10.3 Å². The fraction of sp³-hybridized carbons (Fsp3) is 0.300. The second kappa shape index (κ2) is 7.75. The number of halogens is 3. The number of benzene rings is 1. The number of aromatic amines is 1. The number of nitrogens with zero attached hydrogens (tertiary/aromatic N) is 1. The van der Waals surface area contributed by atoms with Crippen LogP contribution in [0.2, 0.25) is 0 Å². The van der Waals surface area contributed by atoms with Gasteiger partial charge in [-0.15, -0.1) is 0 Å². The molecule has 0 aliphatic heterocycles. The first-order chi connectivity index (χ1) is 13.9. The molecule has 0 spiro atoms. The number of alkyl halides is 3. The molecule has 0 unspecified atom stereocenters. The molecular weight excluding hydrogens is 389 g/mol. The minimum absolute atomic E-state index is 0.0648. The number of pyridine rings is 1. The van der Waals surface area contributed by atoms with Crippen LogP contribution in [0, 0.1) is 0 Å². The Labute approximate surface area is 163 Å². The molecule has 9 heteroatoms. The molecule has 3 aromatic rings. The summed E-state index contributed by atoms with van der Waals surface area (Å²) in [4.78, 5) is 15.3. The summed E-state index contributed by atoms with van der Waals surface area (Å²) in [5.74, 6) is 0.828. The van der Waals surface area contributed by atoms with Crippen molar-refractivity contribution >= 4 is 0 Å².